The summed E-state index contributed by atoms with van der Waals surface area (Å²) < 4.78 is 0. The van der Waals surface area contributed by atoms with E-state index in [0.29, 0.717) is 18.2 Å². The number of para-hydroxylation sites is 1. The molecule has 0 bridgehead atoms. The van der Waals surface area contributed by atoms with Gasteiger partial charge in [0.05, 0.1) is 11.4 Å². The summed E-state index contributed by atoms with van der Waals surface area (Å²) in [6, 6.07) is 24.4. The smallest absolute Gasteiger partial charge is 0.332 e. The molecule has 0 saturated carbocycles. The number of aromatic amines is 1. The summed E-state index contributed by atoms with van der Waals surface area (Å²) in [4.78, 5) is 34.7. The molecule has 5 nitrogen and oxygen atoms in total. The molecular weight excluding hydrogens is 446 g/mol. The van der Waals surface area contributed by atoms with Crippen molar-refractivity contribution >= 4 is 28.5 Å². The van der Waals surface area contributed by atoms with Crippen molar-refractivity contribution in [1.82, 2.24) is 9.88 Å². The molecule has 1 saturated heterocycles. The number of fused-ring (bicyclic) bond motifs is 5. The fourth-order valence-corrected chi connectivity index (χ4v) is 5.91. The predicted molar refractivity (Wildman–Crippen MR) is 143 cm³/mol. The van der Waals surface area contributed by atoms with Gasteiger partial charge in [-0.2, -0.15) is 0 Å². The minimum atomic E-state index is -1.10. The van der Waals surface area contributed by atoms with Gasteiger partial charge in [0.25, 0.3) is 5.91 Å². The van der Waals surface area contributed by atoms with E-state index in [2.05, 4.69) is 56.1 Å². The van der Waals surface area contributed by atoms with Crippen molar-refractivity contribution in [3.05, 3.63) is 101 Å². The van der Waals surface area contributed by atoms with E-state index in [9.17, 15) is 9.59 Å². The van der Waals surface area contributed by atoms with Gasteiger partial charge in [-0.3, -0.25) is 4.79 Å². The van der Waals surface area contributed by atoms with Crippen LogP contribution >= 0.6 is 0 Å². The number of aryl methyl sites for hydroxylation is 1. The summed E-state index contributed by atoms with van der Waals surface area (Å²) >= 11 is 0. The lowest BCUT2D eigenvalue weighted by atomic mass is 9.78. The maximum absolute atomic E-state index is 14.1. The molecule has 1 N–H and O–H groups in total. The Morgan fingerprint density at radius 2 is 1.67 bits per heavy atom. The normalized spacial score (nSPS) is 21.4. The molecule has 0 aliphatic carbocycles. The summed E-state index contributed by atoms with van der Waals surface area (Å²) in [5.74, 6) is 0.133. The number of amides is 3. The van der Waals surface area contributed by atoms with E-state index in [1.165, 1.54) is 16.0 Å². The second-order valence-electron chi connectivity index (χ2n) is 10.5. The summed E-state index contributed by atoms with van der Waals surface area (Å²) in [5.41, 5.74) is 6.05. The third kappa shape index (κ3) is 3.08. The van der Waals surface area contributed by atoms with E-state index in [-0.39, 0.29) is 17.9 Å². The quantitative estimate of drug-likeness (QED) is 0.333. The molecule has 3 heterocycles. The molecule has 36 heavy (non-hydrogen) atoms. The molecule has 2 aliphatic rings. The van der Waals surface area contributed by atoms with Crippen molar-refractivity contribution in [3.63, 3.8) is 0 Å². The van der Waals surface area contributed by atoms with Gasteiger partial charge < -0.3 is 9.88 Å². The van der Waals surface area contributed by atoms with E-state index < -0.39 is 5.54 Å². The van der Waals surface area contributed by atoms with Crippen LogP contribution in [0.3, 0.4) is 0 Å². The lowest BCUT2D eigenvalue weighted by Crippen LogP contribution is -2.50. The minimum absolute atomic E-state index is 0.0323. The minimum Gasteiger partial charge on any atom is -0.356 e. The van der Waals surface area contributed by atoms with Crippen LogP contribution in [-0.4, -0.2) is 28.4 Å². The monoisotopic (exact) mass is 477 g/mol. The molecular formula is C31H31N3O2. The molecule has 5 heteroatoms. The number of anilines is 1. The number of urea groups is 1. The van der Waals surface area contributed by atoms with E-state index in [0.717, 1.165) is 34.1 Å². The van der Waals surface area contributed by atoms with Crippen LogP contribution in [0.25, 0.3) is 10.9 Å². The molecule has 0 spiro atoms. The first-order chi connectivity index (χ1) is 17.3. The Balaban J connectivity index is 1.51. The SMILES string of the molecule is CCc1ccc([C@@H]2CN3C(=O)N(c4ccc(C(C)C)cc4)C(=O)[C@]3(C)c3[nH]c4ccccc4c32)cc1. The Hall–Kier alpha value is -3.86. The predicted octanol–water partition coefficient (Wildman–Crippen LogP) is 6.68. The number of H-pyrrole nitrogens is 1. The number of carbonyl (C=O) groups is 2. The number of nitrogens with zero attached hydrogens (tertiary/aromatic N) is 2. The van der Waals surface area contributed by atoms with Gasteiger partial charge in [-0.1, -0.05) is 75.4 Å². The molecule has 6 rings (SSSR count). The highest BCUT2D eigenvalue weighted by Crippen LogP contribution is 2.50. The lowest BCUT2D eigenvalue weighted by Gasteiger charge is -2.40. The molecule has 3 aromatic carbocycles. The average molecular weight is 478 g/mol. The van der Waals surface area contributed by atoms with Crippen molar-refractivity contribution in [1.29, 1.82) is 0 Å². The summed E-state index contributed by atoms with van der Waals surface area (Å²) in [6.45, 7) is 8.75. The average Bonchev–Trinajstić information content (AvgIpc) is 3.38. The molecule has 2 aliphatic heterocycles. The highest BCUT2D eigenvalue weighted by Gasteiger charge is 2.60. The Morgan fingerprint density at radius 1 is 0.972 bits per heavy atom. The van der Waals surface area contributed by atoms with Gasteiger partial charge >= 0.3 is 6.03 Å². The molecule has 0 unspecified atom stereocenters. The van der Waals surface area contributed by atoms with Gasteiger partial charge in [-0.15, -0.1) is 0 Å². The fraction of sp³-hybridized carbons (Fsp3) is 0.290. The molecule has 3 amide bonds. The zero-order chi connectivity index (χ0) is 25.2. The number of hydrogen-bond acceptors (Lipinski definition) is 2. The van der Waals surface area contributed by atoms with E-state index in [1.807, 2.05) is 49.4 Å². The molecule has 1 fully saturated rings. The zero-order valence-electron chi connectivity index (χ0n) is 21.2. The Bertz CT molecular complexity index is 1480. The topological polar surface area (TPSA) is 56.4 Å². The van der Waals surface area contributed by atoms with Crippen LogP contribution in [0.1, 0.15) is 67.5 Å². The Morgan fingerprint density at radius 3 is 2.33 bits per heavy atom. The standard InChI is InChI=1S/C31H31N3O2/c1-5-20-10-12-22(13-11-20)25-18-33-30(36)34(23-16-14-21(15-17-23)19(2)3)29(35)31(33,4)28-27(25)24-8-6-7-9-26(24)32-28/h6-17,19,25,32H,5,18H2,1-4H3/t25-,31-/m0/s1. The number of imide groups is 1. The van der Waals surface area contributed by atoms with Crippen LogP contribution in [0, 0.1) is 0 Å². The van der Waals surface area contributed by atoms with E-state index in [1.54, 1.807) is 4.90 Å². The summed E-state index contributed by atoms with van der Waals surface area (Å²) in [7, 11) is 0. The van der Waals surface area contributed by atoms with Crippen molar-refractivity contribution in [2.75, 3.05) is 11.4 Å². The number of benzene rings is 3. The highest BCUT2D eigenvalue weighted by molar-refractivity contribution is 6.23. The third-order valence-electron chi connectivity index (χ3n) is 8.14. The molecule has 2 atom stereocenters. The van der Waals surface area contributed by atoms with Gasteiger partial charge in [-0.05, 0) is 59.7 Å². The van der Waals surface area contributed by atoms with Crippen LogP contribution in [0.4, 0.5) is 10.5 Å². The number of carbonyl (C=O) groups excluding carboxylic acids is 2. The van der Waals surface area contributed by atoms with Crippen LogP contribution in [0.5, 0.6) is 0 Å². The number of nitrogens with one attached hydrogen (secondary N) is 1. The van der Waals surface area contributed by atoms with Gasteiger partial charge in [-0.25, -0.2) is 9.69 Å². The van der Waals surface area contributed by atoms with Crippen LogP contribution in [0.2, 0.25) is 0 Å². The maximum atomic E-state index is 14.1. The summed E-state index contributed by atoms with van der Waals surface area (Å²) in [5, 5.41) is 1.11. The highest BCUT2D eigenvalue weighted by atomic mass is 16.2. The fourth-order valence-electron chi connectivity index (χ4n) is 5.91. The van der Waals surface area contributed by atoms with Gasteiger partial charge in [0.15, 0.2) is 5.54 Å². The zero-order valence-corrected chi connectivity index (χ0v) is 21.2. The Labute approximate surface area is 211 Å². The van der Waals surface area contributed by atoms with Crippen molar-refractivity contribution < 1.29 is 9.59 Å². The van der Waals surface area contributed by atoms with Crippen molar-refractivity contribution in [3.8, 4) is 0 Å². The lowest BCUT2D eigenvalue weighted by molar-refractivity contribution is -0.125. The molecule has 4 aromatic rings. The maximum Gasteiger partial charge on any atom is 0.332 e. The Kier molecular flexibility index (Phi) is 5.08. The van der Waals surface area contributed by atoms with E-state index >= 15 is 0 Å². The molecule has 182 valence electrons. The first kappa shape index (κ1) is 22.6. The van der Waals surface area contributed by atoms with Crippen molar-refractivity contribution in [2.24, 2.45) is 0 Å². The summed E-state index contributed by atoms with van der Waals surface area (Å²) in [6.07, 6.45) is 0.977. The van der Waals surface area contributed by atoms with E-state index in [4.69, 9.17) is 0 Å². The first-order valence-electron chi connectivity index (χ1n) is 12.8. The molecule has 1 aromatic heterocycles. The second kappa shape index (κ2) is 8.09. The van der Waals surface area contributed by atoms with Gasteiger partial charge in [0.1, 0.15) is 0 Å². The van der Waals surface area contributed by atoms with Gasteiger partial charge in [0, 0.05) is 23.4 Å². The van der Waals surface area contributed by atoms with Crippen molar-refractivity contribution in [2.45, 2.75) is 51.5 Å². The third-order valence-corrected chi connectivity index (χ3v) is 8.14. The van der Waals surface area contributed by atoms with Crippen LogP contribution in [-0.2, 0) is 16.8 Å². The number of hydrogen-bond donors (Lipinski definition) is 1. The number of aromatic nitrogens is 1. The van der Waals surface area contributed by atoms with Gasteiger partial charge in [0.2, 0.25) is 0 Å². The molecule has 0 radical (unpaired) electrons. The second-order valence-corrected chi connectivity index (χ2v) is 10.5. The van der Waals surface area contributed by atoms with Crippen LogP contribution in [0.15, 0.2) is 72.8 Å². The largest absolute Gasteiger partial charge is 0.356 e. The number of rotatable bonds is 4. The van der Waals surface area contributed by atoms with Crippen LogP contribution < -0.4 is 4.90 Å². The first-order valence-corrected chi connectivity index (χ1v) is 12.8.